The van der Waals surface area contributed by atoms with E-state index in [1.54, 1.807) is 0 Å². The highest BCUT2D eigenvalue weighted by molar-refractivity contribution is 8.93. The molecule has 2 rings (SSSR count). The van der Waals surface area contributed by atoms with Crippen molar-refractivity contribution in [1.29, 1.82) is 0 Å². The van der Waals surface area contributed by atoms with E-state index >= 15 is 0 Å². The molecule has 1 fully saturated rings. The molecule has 0 spiro atoms. The van der Waals surface area contributed by atoms with Crippen LogP contribution in [0.15, 0.2) is 30.3 Å². The zero-order chi connectivity index (χ0) is 14.9. The Morgan fingerprint density at radius 3 is 2.55 bits per heavy atom. The molecular formula is C18H28BrNO2. The highest BCUT2D eigenvalue weighted by atomic mass is 79.9. The molecule has 0 saturated carbocycles. The highest BCUT2D eigenvalue weighted by Crippen LogP contribution is 2.21. The molecule has 22 heavy (non-hydrogen) atoms. The van der Waals surface area contributed by atoms with Crippen molar-refractivity contribution < 1.29 is 9.53 Å². The van der Waals surface area contributed by atoms with E-state index in [0.717, 1.165) is 18.9 Å². The van der Waals surface area contributed by atoms with Crippen LogP contribution >= 0.6 is 17.0 Å². The van der Waals surface area contributed by atoms with E-state index in [0.29, 0.717) is 13.0 Å². The molecule has 0 radical (unpaired) electrons. The number of likely N-dealkylation sites (tertiary alicyclic amines) is 1. The van der Waals surface area contributed by atoms with Crippen LogP contribution in [0.2, 0.25) is 0 Å². The lowest BCUT2D eigenvalue weighted by atomic mass is 9.90. The Labute approximate surface area is 144 Å². The number of esters is 1. The van der Waals surface area contributed by atoms with Crippen molar-refractivity contribution in [2.75, 3.05) is 26.2 Å². The third kappa shape index (κ3) is 6.93. The molecule has 0 amide bonds. The van der Waals surface area contributed by atoms with E-state index in [1.165, 1.54) is 37.9 Å². The van der Waals surface area contributed by atoms with Gasteiger partial charge in [0.05, 0.1) is 6.61 Å². The van der Waals surface area contributed by atoms with Crippen LogP contribution in [0, 0.1) is 5.92 Å². The van der Waals surface area contributed by atoms with Gasteiger partial charge < -0.3 is 9.64 Å². The summed E-state index contributed by atoms with van der Waals surface area (Å²) in [6, 6.07) is 10.8. The van der Waals surface area contributed by atoms with Gasteiger partial charge in [0.15, 0.2) is 0 Å². The van der Waals surface area contributed by atoms with Crippen molar-refractivity contribution in [2.24, 2.45) is 5.92 Å². The Balaban J connectivity index is 0.00000242. The SMILES string of the molecule is Br.CCOC(=O)CCCN1CCC(Cc2ccccc2)CC1. The van der Waals surface area contributed by atoms with Crippen molar-refractivity contribution in [3.05, 3.63) is 35.9 Å². The van der Waals surface area contributed by atoms with Crippen LogP contribution in [0.1, 0.15) is 38.2 Å². The maximum Gasteiger partial charge on any atom is 0.305 e. The van der Waals surface area contributed by atoms with Gasteiger partial charge in [-0.15, -0.1) is 17.0 Å². The number of rotatable bonds is 7. The summed E-state index contributed by atoms with van der Waals surface area (Å²) in [5.41, 5.74) is 1.46. The zero-order valence-electron chi connectivity index (χ0n) is 13.5. The number of hydrogen-bond donors (Lipinski definition) is 0. The Morgan fingerprint density at radius 1 is 1.23 bits per heavy atom. The number of carbonyl (C=O) groups is 1. The van der Waals surface area contributed by atoms with Crippen molar-refractivity contribution in [3.8, 4) is 0 Å². The lowest BCUT2D eigenvalue weighted by molar-refractivity contribution is -0.143. The molecule has 0 N–H and O–H groups in total. The fraction of sp³-hybridized carbons (Fsp3) is 0.611. The Kier molecular flexibility index (Phi) is 9.41. The average molecular weight is 370 g/mol. The number of ether oxygens (including phenoxy) is 1. The van der Waals surface area contributed by atoms with Gasteiger partial charge in [0.2, 0.25) is 0 Å². The van der Waals surface area contributed by atoms with E-state index in [2.05, 4.69) is 35.2 Å². The molecular weight excluding hydrogens is 342 g/mol. The maximum atomic E-state index is 11.3. The van der Waals surface area contributed by atoms with Crippen LogP contribution in [0.5, 0.6) is 0 Å². The first-order valence-electron chi connectivity index (χ1n) is 8.20. The quantitative estimate of drug-likeness (QED) is 0.683. The molecule has 1 aliphatic rings. The summed E-state index contributed by atoms with van der Waals surface area (Å²) < 4.78 is 4.96. The largest absolute Gasteiger partial charge is 0.466 e. The molecule has 0 bridgehead atoms. The minimum Gasteiger partial charge on any atom is -0.466 e. The number of carbonyl (C=O) groups excluding carboxylic acids is 1. The molecule has 0 aromatic heterocycles. The van der Waals surface area contributed by atoms with Crippen molar-refractivity contribution >= 4 is 23.0 Å². The molecule has 0 unspecified atom stereocenters. The highest BCUT2D eigenvalue weighted by Gasteiger charge is 2.19. The van der Waals surface area contributed by atoms with Crippen LogP contribution in [0.4, 0.5) is 0 Å². The molecule has 1 aliphatic heterocycles. The van der Waals surface area contributed by atoms with E-state index in [-0.39, 0.29) is 23.0 Å². The first-order chi connectivity index (χ1) is 10.3. The first kappa shape index (κ1) is 19.2. The van der Waals surface area contributed by atoms with Gasteiger partial charge in [0.25, 0.3) is 0 Å². The standard InChI is InChI=1S/C18H27NO2.BrH/c1-2-21-18(20)9-6-12-19-13-10-17(11-14-19)15-16-7-4-3-5-8-16;/h3-5,7-8,17H,2,6,9-15H2,1H3;1H. The minimum atomic E-state index is -0.0588. The fourth-order valence-electron chi connectivity index (χ4n) is 3.04. The number of piperidine rings is 1. The van der Waals surface area contributed by atoms with Gasteiger partial charge >= 0.3 is 5.97 Å². The summed E-state index contributed by atoms with van der Waals surface area (Å²) in [4.78, 5) is 13.8. The first-order valence-corrected chi connectivity index (χ1v) is 8.20. The summed E-state index contributed by atoms with van der Waals surface area (Å²) in [7, 11) is 0. The van der Waals surface area contributed by atoms with Gasteiger partial charge in [-0.25, -0.2) is 0 Å². The van der Waals surface area contributed by atoms with Crippen LogP contribution in [0.25, 0.3) is 0 Å². The Morgan fingerprint density at radius 2 is 1.91 bits per heavy atom. The van der Waals surface area contributed by atoms with Gasteiger partial charge in [0.1, 0.15) is 0 Å². The summed E-state index contributed by atoms with van der Waals surface area (Å²) in [5, 5.41) is 0. The summed E-state index contributed by atoms with van der Waals surface area (Å²) in [6.07, 6.45) is 5.22. The van der Waals surface area contributed by atoms with Crippen molar-refractivity contribution in [1.82, 2.24) is 4.90 Å². The number of benzene rings is 1. The predicted octanol–water partition coefficient (Wildman–Crippen LogP) is 3.86. The van der Waals surface area contributed by atoms with Crippen molar-refractivity contribution in [3.63, 3.8) is 0 Å². The number of hydrogen-bond acceptors (Lipinski definition) is 3. The Bertz CT molecular complexity index is 416. The molecule has 1 aromatic carbocycles. The topological polar surface area (TPSA) is 29.5 Å². The van der Waals surface area contributed by atoms with E-state index in [1.807, 2.05) is 6.92 Å². The van der Waals surface area contributed by atoms with Crippen LogP contribution in [-0.2, 0) is 16.0 Å². The summed E-state index contributed by atoms with van der Waals surface area (Å²) in [5.74, 6) is 0.755. The second-order valence-electron chi connectivity index (χ2n) is 5.88. The molecule has 0 aliphatic carbocycles. The second-order valence-corrected chi connectivity index (χ2v) is 5.88. The third-order valence-electron chi connectivity index (χ3n) is 4.23. The monoisotopic (exact) mass is 369 g/mol. The molecule has 1 heterocycles. The van der Waals surface area contributed by atoms with E-state index in [9.17, 15) is 4.79 Å². The van der Waals surface area contributed by atoms with Gasteiger partial charge in [-0.05, 0) is 63.7 Å². The number of halogens is 1. The van der Waals surface area contributed by atoms with Gasteiger partial charge in [0, 0.05) is 6.42 Å². The molecule has 0 atom stereocenters. The molecule has 4 heteroatoms. The normalized spacial score (nSPS) is 16.0. The molecule has 1 saturated heterocycles. The summed E-state index contributed by atoms with van der Waals surface area (Å²) in [6.45, 7) is 5.71. The van der Waals surface area contributed by atoms with Gasteiger partial charge in [-0.1, -0.05) is 30.3 Å². The zero-order valence-corrected chi connectivity index (χ0v) is 15.2. The minimum absolute atomic E-state index is 0. The van der Waals surface area contributed by atoms with E-state index < -0.39 is 0 Å². The Hall–Kier alpha value is -0.870. The lowest BCUT2D eigenvalue weighted by Crippen LogP contribution is -2.35. The molecule has 3 nitrogen and oxygen atoms in total. The maximum absolute atomic E-state index is 11.3. The molecule has 124 valence electrons. The van der Waals surface area contributed by atoms with Crippen LogP contribution < -0.4 is 0 Å². The molecule has 1 aromatic rings. The average Bonchev–Trinajstić information content (AvgIpc) is 2.50. The van der Waals surface area contributed by atoms with Crippen LogP contribution in [-0.4, -0.2) is 37.1 Å². The third-order valence-corrected chi connectivity index (χ3v) is 4.23. The van der Waals surface area contributed by atoms with Crippen molar-refractivity contribution in [2.45, 2.75) is 39.0 Å². The predicted molar refractivity (Wildman–Crippen MR) is 95.5 cm³/mol. The van der Waals surface area contributed by atoms with Crippen LogP contribution in [0.3, 0.4) is 0 Å². The van der Waals surface area contributed by atoms with Gasteiger partial charge in [-0.2, -0.15) is 0 Å². The van der Waals surface area contributed by atoms with E-state index in [4.69, 9.17) is 4.74 Å². The lowest BCUT2D eigenvalue weighted by Gasteiger charge is -2.32. The second kappa shape index (κ2) is 10.8. The van der Waals surface area contributed by atoms with Gasteiger partial charge in [-0.3, -0.25) is 4.79 Å². The fourth-order valence-corrected chi connectivity index (χ4v) is 3.04. The smallest absolute Gasteiger partial charge is 0.305 e. The number of nitrogens with zero attached hydrogens (tertiary/aromatic N) is 1. The summed E-state index contributed by atoms with van der Waals surface area (Å²) >= 11 is 0.